The van der Waals surface area contributed by atoms with Gasteiger partial charge in [-0.1, -0.05) is 29.8 Å². The zero-order valence-corrected chi connectivity index (χ0v) is 13.3. The molecular weight excluding hydrogens is 312 g/mol. The molecule has 23 heavy (non-hydrogen) atoms. The third-order valence-corrected chi connectivity index (χ3v) is 3.43. The van der Waals surface area contributed by atoms with Gasteiger partial charge < -0.3 is 10.6 Å². The largest absolute Gasteiger partial charge is 0.359 e. The summed E-state index contributed by atoms with van der Waals surface area (Å²) < 4.78 is 0. The van der Waals surface area contributed by atoms with Gasteiger partial charge in [0.1, 0.15) is 11.6 Å². The number of halogens is 1. The van der Waals surface area contributed by atoms with Gasteiger partial charge in [-0.15, -0.1) is 0 Å². The van der Waals surface area contributed by atoms with Crippen molar-refractivity contribution in [2.24, 2.45) is 0 Å². The number of pyridine rings is 1. The molecule has 0 aliphatic rings. The molecule has 1 amide bonds. The normalized spacial score (nSPS) is 10.7. The van der Waals surface area contributed by atoms with E-state index in [0.29, 0.717) is 10.7 Å². The van der Waals surface area contributed by atoms with E-state index in [4.69, 9.17) is 16.9 Å². The number of carbonyl (C=O) groups is 1. The number of hydrogen-bond acceptors (Lipinski definition) is 4. The summed E-state index contributed by atoms with van der Waals surface area (Å²) in [5, 5.41) is 15.2. The first-order chi connectivity index (χ1) is 11.1. The first-order valence-corrected chi connectivity index (χ1v) is 7.29. The Labute approximate surface area is 139 Å². The van der Waals surface area contributed by atoms with Crippen molar-refractivity contribution in [1.82, 2.24) is 10.3 Å². The van der Waals surface area contributed by atoms with Crippen molar-refractivity contribution in [2.75, 3.05) is 5.32 Å². The van der Waals surface area contributed by atoms with Crippen molar-refractivity contribution < 1.29 is 4.79 Å². The van der Waals surface area contributed by atoms with Crippen LogP contribution in [0.3, 0.4) is 0 Å². The molecular formula is C17H15ClN4O. The van der Waals surface area contributed by atoms with Gasteiger partial charge in [0.2, 0.25) is 0 Å². The molecule has 1 aromatic heterocycles. The Balaban J connectivity index is 1.98. The van der Waals surface area contributed by atoms with E-state index in [1.807, 2.05) is 43.3 Å². The average molecular weight is 327 g/mol. The minimum Gasteiger partial charge on any atom is -0.359 e. The lowest BCUT2D eigenvalue weighted by Gasteiger charge is -2.06. The van der Waals surface area contributed by atoms with E-state index < -0.39 is 5.91 Å². The van der Waals surface area contributed by atoms with Gasteiger partial charge in [0.25, 0.3) is 5.91 Å². The summed E-state index contributed by atoms with van der Waals surface area (Å²) in [5.41, 5.74) is 2.34. The van der Waals surface area contributed by atoms with E-state index in [1.54, 1.807) is 12.3 Å². The number of nitrogens with one attached hydrogen (secondary N) is 2. The molecule has 0 unspecified atom stereocenters. The topological polar surface area (TPSA) is 77.8 Å². The Morgan fingerprint density at radius 1 is 1.35 bits per heavy atom. The van der Waals surface area contributed by atoms with E-state index in [9.17, 15) is 4.79 Å². The van der Waals surface area contributed by atoms with Gasteiger partial charge in [0.15, 0.2) is 0 Å². The maximum absolute atomic E-state index is 12.0. The number of amides is 1. The first kappa shape index (κ1) is 16.5. The maximum atomic E-state index is 12.0. The van der Waals surface area contributed by atoms with Gasteiger partial charge in [-0.05, 0) is 30.7 Å². The molecule has 0 fully saturated rings. The molecule has 0 aliphatic heterocycles. The summed E-state index contributed by atoms with van der Waals surface area (Å²) in [6.07, 6.45) is 2.98. The number of carbonyl (C=O) groups excluding carboxylic acids is 1. The Bertz CT molecular complexity index is 763. The molecule has 116 valence electrons. The fourth-order valence-electron chi connectivity index (χ4n) is 1.77. The Kier molecular flexibility index (Phi) is 5.73. The zero-order valence-electron chi connectivity index (χ0n) is 12.5. The fourth-order valence-corrected chi connectivity index (χ4v) is 1.97. The van der Waals surface area contributed by atoms with Crippen LogP contribution < -0.4 is 10.6 Å². The number of anilines is 1. The SMILES string of the molecule is Cc1ccc(N/C=C(/C#N)C(=O)NCc2ccccc2Cl)cn1. The van der Waals surface area contributed by atoms with E-state index in [1.165, 1.54) is 6.20 Å². The van der Waals surface area contributed by atoms with Crippen molar-refractivity contribution in [3.8, 4) is 6.07 Å². The quantitative estimate of drug-likeness (QED) is 0.653. The molecule has 6 heteroatoms. The monoisotopic (exact) mass is 326 g/mol. The highest BCUT2D eigenvalue weighted by Crippen LogP contribution is 2.14. The molecule has 2 rings (SSSR count). The second-order valence-electron chi connectivity index (χ2n) is 4.78. The van der Waals surface area contributed by atoms with E-state index in [-0.39, 0.29) is 12.1 Å². The van der Waals surface area contributed by atoms with Crippen LogP contribution in [0.4, 0.5) is 5.69 Å². The third kappa shape index (κ3) is 4.83. The molecule has 0 spiro atoms. The number of aryl methyl sites for hydroxylation is 1. The minimum absolute atomic E-state index is 0.0300. The number of hydrogen-bond donors (Lipinski definition) is 2. The molecule has 0 saturated heterocycles. The second-order valence-corrected chi connectivity index (χ2v) is 5.18. The predicted molar refractivity (Wildman–Crippen MR) is 89.6 cm³/mol. The lowest BCUT2D eigenvalue weighted by molar-refractivity contribution is -0.117. The van der Waals surface area contributed by atoms with Crippen LogP contribution in [0.25, 0.3) is 0 Å². The van der Waals surface area contributed by atoms with Crippen LogP contribution in [-0.4, -0.2) is 10.9 Å². The summed E-state index contributed by atoms with van der Waals surface area (Å²) in [5.74, 6) is -0.472. The standard InChI is InChI=1S/C17H15ClN4O/c1-12-6-7-15(11-20-12)21-10-14(8-19)17(23)22-9-13-4-2-3-5-16(13)18/h2-7,10-11,21H,9H2,1H3,(H,22,23)/b14-10-. The Morgan fingerprint density at radius 2 is 2.13 bits per heavy atom. The molecule has 0 saturated carbocycles. The number of rotatable bonds is 5. The van der Waals surface area contributed by atoms with Crippen molar-refractivity contribution in [3.63, 3.8) is 0 Å². The molecule has 0 radical (unpaired) electrons. The van der Waals surface area contributed by atoms with Crippen molar-refractivity contribution in [3.05, 3.63) is 70.6 Å². The summed E-state index contributed by atoms with van der Waals surface area (Å²) in [4.78, 5) is 16.2. The van der Waals surface area contributed by atoms with Crippen molar-refractivity contribution in [2.45, 2.75) is 13.5 Å². The minimum atomic E-state index is -0.472. The first-order valence-electron chi connectivity index (χ1n) is 6.91. The Hall–Kier alpha value is -2.84. The summed E-state index contributed by atoms with van der Waals surface area (Å²) >= 11 is 6.02. The van der Waals surface area contributed by atoms with Crippen LogP contribution in [0.2, 0.25) is 5.02 Å². The van der Waals surface area contributed by atoms with Crippen LogP contribution in [0, 0.1) is 18.3 Å². The lowest BCUT2D eigenvalue weighted by atomic mass is 10.2. The fraction of sp³-hybridized carbons (Fsp3) is 0.118. The third-order valence-electron chi connectivity index (χ3n) is 3.06. The van der Waals surface area contributed by atoms with Crippen LogP contribution in [0.15, 0.2) is 54.4 Å². The van der Waals surface area contributed by atoms with Crippen LogP contribution >= 0.6 is 11.6 Å². The highest BCUT2D eigenvalue weighted by molar-refractivity contribution is 6.31. The van der Waals surface area contributed by atoms with Gasteiger partial charge in [-0.25, -0.2) is 0 Å². The Morgan fingerprint density at radius 3 is 2.78 bits per heavy atom. The predicted octanol–water partition coefficient (Wildman–Crippen LogP) is 3.18. The summed E-state index contributed by atoms with van der Waals surface area (Å²) in [7, 11) is 0. The number of nitrogens with zero attached hydrogens (tertiary/aromatic N) is 2. The highest BCUT2D eigenvalue weighted by atomic mass is 35.5. The van der Waals surface area contributed by atoms with Crippen molar-refractivity contribution >= 4 is 23.2 Å². The molecule has 0 atom stereocenters. The highest BCUT2D eigenvalue weighted by Gasteiger charge is 2.09. The molecule has 2 N–H and O–H groups in total. The van der Waals surface area contributed by atoms with E-state index >= 15 is 0 Å². The molecule has 2 aromatic rings. The lowest BCUT2D eigenvalue weighted by Crippen LogP contribution is -2.24. The zero-order chi connectivity index (χ0) is 16.7. The van der Waals surface area contributed by atoms with Crippen LogP contribution in [0.1, 0.15) is 11.3 Å². The van der Waals surface area contributed by atoms with E-state index in [2.05, 4.69) is 15.6 Å². The maximum Gasteiger partial charge on any atom is 0.263 e. The van der Waals surface area contributed by atoms with Gasteiger partial charge in [-0.3, -0.25) is 9.78 Å². The summed E-state index contributed by atoms with van der Waals surface area (Å²) in [6.45, 7) is 2.13. The van der Waals surface area contributed by atoms with E-state index in [0.717, 1.165) is 11.3 Å². The van der Waals surface area contributed by atoms with Crippen molar-refractivity contribution in [1.29, 1.82) is 5.26 Å². The van der Waals surface area contributed by atoms with Crippen LogP contribution in [-0.2, 0) is 11.3 Å². The van der Waals surface area contributed by atoms with Gasteiger partial charge in [0, 0.05) is 23.5 Å². The average Bonchev–Trinajstić information content (AvgIpc) is 2.56. The van der Waals surface area contributed by atoms with Gasteiger partial charge in [0.05, 0.1) is 11.9 Å². The molecule has 1 aromatic carbocycles. The molecule has 1 heterocycles. The molecule has 0 bridgehead atoms. The number of aromatic nitrogens is 1. The molecule has 5 nitrogen and oxygen atoms in total. The number of benzene rings is 1. The second kappa shape index (κ2) is 7.97. The van der Waals surface area contributed by atoms with Crippen LogP contribution in [0.5, 0.6) is 0 Å². The smallest absolute Gasteiger partial charge is 0.263 e. The van der Waals surface area contributed by atoms with Gasteiger partial charge >= 0.3 is 0 Å². The van der Waals surface area contributed by atoms with Gasteiger partial charge in [-0.2, -0.15) is 5.26 Å². The molecule has 0 aliphatic carbocycles. The number of nitriles is 1. The summed E-state index contributed by atoms with van der Waals surface area (Å²) in [6, 6.07) is 12.7.